The Hall–Kier alpha value is -1.54. The van der Waals surface area contributed by atoms with Gasteiger partial charge in [-0.2, -0.15) is 0 Å². The third kappa shape index (κ3) is 6.95. The maximum atomic E-state index is 11.7. The Labute approximate surface area is 135 Å². The SMILES string of the molecule is COc1cc(C=CC(=O)O[Si](C)(C)C)ccc1O[Si](C)(C)C. The van der Waals surface area contributed by atoms with Crippen molar-refractivity contribution in [1.29, 1.82) is 0 Å². The van der Waals surface area contributed by atoms with Gasteiger partial charge in [-0.1, -0.05) is 6.07 Å². The van der Waals surface area contributed by atoms with E-state index in [1.54, 1.807) is 13.2 Å². The number of methoxy groups -OCH3 is 1. The fourth-order valence-electron chi connectivity index (χ4n) is 1.70. The summed E-state index contributed by atoms with van der Waals surface area (Å²) in [5, 5.41) is 0. The van der Waals surface area contributed by atoms with E-state index in [1.165, 1.54) is 6.08 Å². The second-order valence-corrected chi connectivity index (χ2v) is 15.8. The number of benzene rings is 1. The van der Waals surface area contributed by atoms with Crippen molar-refractivity contribution in [3.8, 4) is 11.5 Å². The maximum absolute atomic E-state index is 11.7. The fraction of sp³-hybridized carbons (Fsp3) is 0.438. The number of hydrogen-bond donors (Lipinski definition) is 0. The van der Waals surface area contributed by atoms with Crippen LogP contribution in [0.3, 0.4) is 0 Å². The van der Waals surface area contributed by atoms with E-state index >= 15 is 0 Å². The molecular weight excluding hydrogens is 312 g/mol. The van der Waals surface area contributed by atoms with E-state index in [0.717, 1.165) is 11.3 Å². The highest BCUT2D eigenvalue weighted by Gasteiger charge is 2.19. The lowest BCUT2D eigenvalue weighted by Gasteiger charge is -2.21. The van der Waals surface area contributed by atoms with Gasteiger partial charge in [0.25, 0.3) is 0 Å². The van der Waals surface area contributed by atoms with Crippen molar-refractivity contribution < 1.29 is 18.4 Å². The summed E-state index contributed by atoms with van der Waals surface area (Å²) in [6.45, 7) is 12.3. The van der Waals surface area contributed by atoms with Crippen molar-refractivity contribution in [1.82, 2.24) is 0 Å². The fourth-order valence-corrected chi connectivity index (χ4v) is 3.20. The molecule has 0 saturated heterocycles. The van der Waals surface area contributed by atoms with Gasteiger partial charge in [-0.25, -0.2) is 4.79 Å². The molecule has 1 aromatic carbocycles. The lowest BCUT2D eigenvalue weighted by Crippen LogP contribution is -2.29. The number of carbonyl (C=O) groups excluding carboxylic acids is 1. The molecule has 0 amide bonds. The van der Waals surface area contributed by atoms with Crippen LogP contribution < -0.4 is 9.16 Å². The molecule has 0 spiro atoms. The Morgan fingerprint density at radius 1 is 1.00 bits per heavy atom. The van der Waals surface area contributed by atoms with Crippen molar-refractivity contribution in [3.05, 3.63) is 29.8 Å². The summed E-state index contributed by atoms with van der Waals surface area (Å²) >= 11 is 0. The number of hydrogen-bond acceptors (Lipinski definition) is 4. The zero-order valence-electron chi connectivity index (χ0n) is 14.5. The Kier molecular flexibility index (Phi) is 6.02. The molecule has 1 aromatic rings. The van der Waals surface area contributed by atoms with Crippen LogP contribution in [-0.2, 0) is 9.22 Å². The van der Waals surface area contributed by atoms with E-state index in [0.29, 0.717) is 5.75 Å². The molecule has 0 aliphatic rings. The minimum absolute atomic E-state index is 0.305. The van der Waals surface area contributed by atoms with E-state index < -0.39 is 16.6 Å². The van der Waals surface area contributed by atoms with Gasteiger partial charge >= 0.3 is 5.97 Å². The van der Waals surface area contributed by atoms with Gasteiger partial charge in [-0.05, 0) is 63.1 Å². The Balaban J connectivity index is 2.88. The summed E-state index contributed by atoms with van der Waals surface area (Å²) < 4.78 is 16.7. The molecule has 6 heteroatoms. The lowest BCUT2D eigenvalue weighted by molar-refractivity contribution is -0.129. The molecule has 0 aliphatic carbocycles. The van der Waals surface area contributed by atoms with Gasteiger partial charge in [-0.15, -0.1) is 0 Å². The molecule has 0 aliphatic heterocycles. The number of rotatable bonds is 6. The van der Waals surface area contributed by atoms with Gasteiger partial charge in [0.1, 0.15) is 5.75 Å². The average Bonchev–Trinajstić information content (AvgIpc) is 2.33. The van der Waals surface area contributed by atoms with E-state index in [2.05, 4.69) is 19.6 Å². The quantitative estimate of drug-likeness (QED) is 0.573. The third-order valence-corrected chi connectivity index (χ3v) is 4.07. The van der Waals surface area contributed by atoms with E-state index in [-0.39, 0.29) is 5.97 Å². The molecule has 0 N–H and O–H groups in total. The zero-order chi connectivity index (χ0) is 17.0. The molecule has 0 aromatic heterocycles. The van der Waals surface area contributed by atoms with Crippen LogP contribution in [0.2, 0.25) is 39.3 Å². The topological polar surface area (TPSA) is 44.8 Å². The van der Waals surface area contributed by atoms with Gasteiger partial charge in [0, 0.05) is 6.08 Å². The standard InChI is InChI=1S/C16H26O4Si2/c1-18-15-12-13(8-10-14(15)19-21(2,3)4)9-11-16(17)20-22(5,6)7/h8-12H,1-7H3. The molecule has 0 atom stereocenters. The predicted octanol–water partition coefficient (Wildman–Crippen LogP) is 4.30. The van der Waals surface area contributed by atoms with Gasteiger partial charge in [0.15, 0.2) is 5.75 Å². The first-order valence-electron chi connectivity index (χ1n) is 7.28. The molecule has 0 bridgehead atoms. The van der Waals surface area contributed by atoms with Gasteiger partial charge < -0.3 is 13.6 Å². The highest BCUT2D eigenvalue weighted by Crippen LogP contribution is 2.30. The van der Waals surface area contributed by atoms with Crippen LogP contribution >= 0.6 is 0 Å². The molecule has 4 nitrogen and oxygen atoms in total. The molecular formula is C16H26O4Si2. The Morgan fingerprint density at radius 2 is 1.64 bits per heavy atom. The zero-order valence-corrected chi connectivity index (χ0v) is 16.5. The third-order valence-electron chi connectivity index (χ3n) is 2.42. The monoisotopic (exact) mass is 338 g/mol. The summed E-state index contributed by atoms with van der Waals surface area (Å²) in [7, 11) is -1.94. The minimum atomic E-state index is -1.85. The van der Waals surface area contributed by atoms with Crippen LogP contribution in [0.25, 0.3) is 6.08 Å². The summed E-state index contributed by atoms with van der Waals surface area (Å²) in [5.74, 6) is 1.10. The van der Waals surface area contributed by atoms with Crippen LogP contribution in [0.4, 0.5) is 0 Å². The molecule has 122 valence electrons. The smallest absolute Gasteiger partial charge is 0.317 e. The van der Waals surface area contributed by atoms with Crippen molar-refractivity contribution in [3.63, 3.8) is 0 Å². The van der Waals surface area contributed by atoms with Crippen LogP contribution in [-0.4, -0.2) is 29.7 Å². The minimum Gasteiger partial charge on any atom is -0.542 e. The van der Waals surface area contributed by atoms with E-state index in [1.807, 2.05) is 37.8 Å². The number of ether oxygens (including phenoxy) is 1. The average molecular weight is 339 g/mol. The lowest BCUT2D eigenvalue weighted by atomic mass is 10.2. The van der Waals surface area contributed by atoms with E-state index in [4.69, 9.17) is 13.6 Å². The van der Waals surface area contributed by atoms with Crippen molar-refractivity contribution in [2.75, 3.05) is 7.11 Å². The van der Waals surface area contributed by atoms with Crippen LogP contribution in [0, 0.1) is 0 Å². The van der Waals surface area contributed by atoms with Gasteiger partial charge in [0.2, 0.25) is 16.6 Å². The Bertz CT molecular complexity index is 554. The second-order valence-electron chi connectivity index (χ2n) is 6.99. The molecule has 0 heterocycles. The predicted molar refractivity (Wildman–Crippen MR) is 95.4 cm³/mol. The summed E-state index contributed by atoms with van der Waals surface area (Å²) in [6.07, 6.45) is 3.18. The first kappa shape index (κ1) is 18.5. The van der Waals surface area contributed by atoms with Crippen molar-refractivity contribution in [2.45, 2.75) is 39.3 Å². The molecule has 0 saturated carbocycles. The Morgan fingerprint density at radius 3 is 2.14 bits per heavy atom. The highest BCUT2D eigenvalue weighted by atomic mass is 28.4. The highest BCUT2D eigenvalue weighted by molar-refractivity contribution is 6.71. The van der Waals surface area contributed by atoms with Crippen LogP contribution in [0.1, 0.15) is 5.56 Å². The maximum Gasteiger partial charge on any atom is 0.317 e. The van der Waals surface area contributed by atoms with Crippen LogP contribution in [0.5, 0.6) is 11.5 Å². The van der Waals surface area contributed by atoms with E-state index in [9.17, 15) is 4.79 Å². The van der Waals surface area contributed by atoms with Crippen LogP contribution in [0.15, 0.2) is 24.3 Å². The molecule has 0 radical (unpaired) electrons. The van der Waals surface area contributed by atoms with Gasteiger partial charge in [-0.3, -0.25) is 0 Å². The molecule has 0 unspecified atom stereocenters. The first-order chi connectivity index (χ1) is 10.00. The summed E-state index contributed by atoms with van der Waals surface area (Å²) in [5.41, 5.74) is 0.868. The molecule has 0 fully saturated rings. The van der Waals surface area contributed by atoms with Crippen molar-refractivity contribution in [2.24, 2.45) is 0 Å². The second kappa shape index (κ2) is 7.15. The normalized spacial score (nSPS) is 12.3. The summed E-state index contributed by atoms with van der Waals surface area (Å²) in [4.78, 5) is 11.7. The first-order valence-corrected chi connectivity index (χ1v) is 14.1. The largest absolute Gasteiger partial charge is 0.542 e. The van der Waals surface area contributed by atoms with Gasteiger partial charge in [0.05, 0.1) is 7.11 Å². The molecule has 22 heavy (non-hydrogen) atoms. The molecule has 1 rings (SSSR count). The number of carbonyl (C=O) groups is 1. The van der Waals surface area contributed by atoms with Crippen molar-refractivity contribution >= 4 is 28.7 Å². The summed E-state index contributed by atoms with van der Waals surface area (Å²) in [6, 6.07) is 5.63.